The Kier molecular flexibility index (Phi) is 5.08. The van der Waals surface area contributed by atoms with Crippen molar-refractivity contribution in [1.82, 2.24) is 29.2 Å². The van der Waals surface area contributed by atoms with E-state index >= 15 is 0 Å². The second-order valence-electron chi connectivity index (χ2n) is 7.71. The number of piperidine rings is 3. The van der Waals surface area contributed by atoms with E-state index in [0.717, 1.165) is 6.54 Å². The first kappa shape index (κ1) is 19.3. The molecule has 0 unspecified atom stereocenters. The molecule has 30 heavy (non-hydrogen) atoms. The smallest absolute Gasteiger partial charge is 0.278 e. The first-order valence-corrected chi connectivity index (χ1v) is 11.4. The summed E-state index contributed by atoms with van der Waals surface area (Å²) in [7, 11) is 0. The van der Waals surface area contributed by atoms with E-state index in [4.69, 9.17) is 9.72 Å². The molecule has 0 spiro atoms. The molecule has 3 aliphatic rings. The zero-order chi connectivity index (χ0) is 20.7. The highest BCUT2D eigenvalue weighted by atomic mass is 32.2. The number of thioether (sulfide) groups is 1. The van der Waals surface area contributed by atoms with Gasteiger partial charge >= 0.3 is 0 Å². The molecule has 0 amide bonds. The fraction of sp³-hybridized carbons (Fsp3) is 0.429. The lowest BCUT2D eigenvalue weighted by atomic mass is 9.86. The Balaban J connectivity index is 1.56. The molecule has 3 aliphatic heterocycles. The molecule has 3 aromatic heterocycles. The molecule has 2 bridgehead atoms. The van der Waals surface area contributed by atoms with Crippen molar-refractivity contribution in [3.63, 3.8) is 0 Å². The Morgan fingerprint density at radius 3 is 2.83 bits per heavy atom. The lowest BCUT2D eigenvalue weighted by Gasteiger charge is -2.44. The van der Waals surface area contributed by atoms with E-state index in [2.05, 4.69) is 21.4 Å². The van der Waals surface area contributed by atoms with Crippen LogP contribution in [-0.4, -0.2) is 61.2 Å². The van der Waals surface area contributed by atoms with Gasteiger partial charge in [0.2, 0.25) is 5.88 Å². The van der Waals surface area contributed by atoms with Gasteiger partial charge in [-0.05, 0) is 44.2 Å². The monoisotopic (exact) mass is 424 g/mol. The van der Waals surface area contributed by atoms with Crippen LogP contribution in [0.4, 0.5) is 0 Å². The molecule has 0 aromatic carbocycles. The van der Waals surface area contributed by atoms with Gasteiger partial charge in [-0.15, -0.1) is 6.58 Å². The number of pyridine rings is 1. The quantitative estimate of drug-likeness (QED) is 0.341. The maximum absolute atomic E-state index is 12.9. The van der Waals surface area contributed by atoms with Crippen LogP contribution in [0.1, 0.15) is 12.8 Å². The van der Waals surface area contributed by atoms with Crippen molar-refractivity contribution in [3.05, 3.63) is 47.4 Å². The average Bonchev–Trinajstić information content (AvgIpc) is 3.06. The standard InChI is InChI=1S/C21H24N6O2S/c1-3-9-26-20(28)15-12-22-21(30-2)24-19(15)27(26)17-5-4-6-18(23-17)29-16-13-25-10-7-14(16)8-11-25/h3-6,12,14,16H,1,7-11,13H2,2H3/t16-/m1/s1. The van der Waals surface area contributed by atoms with Crippen LogP contribution >= 0.6 is 11.8 Å². The van der Waals surface area contributed by atoms with Crippen LogP contribution in [0.5, 0.6) is 5.88 Å². The van der Waals surface area contributed by atoms with Gasteiger partial charge in [0.05, 0.1) is 6.54 Å². The zero-order valence-electron chi connectivity index (χ0n) is 16.9. The van der Waals surface area contributed by atoms with Gasteiger partial charge in [0, 0.05) is 18.8 Å². The number of aromatic nitrogens is 5. The molecule has 0 saturated carbocycles. The van der Waals surface area contributed by atoms with Crippen molar-refractivity contribution in [2.45, 2.75) is 30.6 Å². The first-order chi connectivity index (χ1) is 14.7. The topological polar surface area (TPSA) is 78.1 Å². The third-order valence-electron chi connectivity index (χ3n) is 5.93. The Labute approximate surface area is 178 Å². The van der Waals surface area contributed by atoms with Gasteiger partial charge in [0.15, 0.2) is 16.6 Å². The van der Waals surface area contributed by atoms with Crippen LogP contribution < -0.4 is 10.3 Å². The highest BCUT2D eigenvalue weighted by Crippen LogP contribution is 2.30. The Morgan fingerprint density at radius 2 is 2.13 bits per heavy atom. The molecular weight excluding hydrogens is 400 g/mol. The number of hydrogen-bond acceptors (Lipinski definition) is 7. The third-order valence-corrected chi connectivity index (χ3v) is 6.49. The maximum Gasteiger partial charge on any atom is 0.278 e. The predicted octanol–water partition coefficient (Wildman–Crippen LogP) is 2.36. The molecule has 8 nitrogen and oxygen atoms in total. The molecule has 0 radical (unpaired) electrons. The van der Waals surface area contributed by atoms with Gasteiger partial charge < -0.3 is 4.74 Å². The van der Waals surface area contributed by atoms with Gasteiger partial charge in [-0.25, -0.2) is 19.3 Å². The second-order valence-corrected chi connectivity index (χ2v) is 8.48. The van der Waals surface area contributed by atoms with Crippen LogP contribution in [0.2, 0.25) is 0 Å². The van der Waals surface area contributed by atoms with E-state index in [-0.39, 0.29) is 11.7 Å². The SMILES string of the molecule is C=CCn1c(=O)c2cnc(SC)nc2n1-c1cccc(O[C@@H]2CN3CCC2CC3)n1. The fourth-order valence-electron chi connectivity index (χ4n) is 4.42. The van der Waals surface area contributed by atoms with Crippen molar-refractivity contribution in [2.24, 2.45) is 5.92 Å². The molecule has 156 valence electrons. The molecule has 0 aliphatic carbocycles. The van der Waals surface area contributed by atoms with Gasteiger partial charge in [0.25, 0.3) is 5.56 Å². The summed E-state index contributed by atoms with van der Waals surface area (Å²) in [5.74, 6) is 1.75. The highest BCUT2D eigenvalue weighted by molar-refractivity contribution is 7.98. The molecule has 3 fully saturated rings. The van der Waals surface area contributed by atoms with Gasteiger partial charge in [-0.1, -0.05) is 23.9 Å². The van der Waals surface area contributed by atoms with Crippen LogP contribution in [0.15, 0.2) is 47.0 Å². The first-order valence-electron chi connectivity index (χ1n) is 10.2. The zero-order valence-corrected chi connectivity index (χ0v) is 17.7. The van der Waals surface area contributed by atoms with Crippen LogP contribution in [0.3, 0.4) is 0 Å². The summed E-state index contributed by atoms with van der Waals surface area (Å²) < 4.78 is 9.62. The molecule has 3 aromatic rings. The van der Waals surface area contributed by atoms with Crippen molar-refractivity contribution in [1.29, 1.82) is 0 Å². The third kappa shape index (κ3) is 3.31. The Hall–Kier alpha value is -2.65. The van der Waals surface area contributed by atoms with E-state index in [1.165, 1.54) is 37.7 Å². The summed E-state index contributed by atoms with van der Waals surface area (Å²) >= 11 is 1.43. The normalized spacial score (nSPS) is 23.0. The summed E-state index contributed by atoms with van der Waals surface area (Å²) in [5, 5.41) is 1.06. The maximum atomic E-state index is 12.9. The fourth-order valence-corrected chi connectivity index (χ4v) is 4.75. The van der Waals surface area contributed by atoms with Crippen molar-refractivity contribution >= 4 is 22.8 Å². The summed E-state index contributed by atoms with van der Waals surface area (Å²) in [6, 6.07) is 5.65. The van der Waals surface area contributed by atoms with Gasteiger partial charge in [-0.3, -0.25) is 9.69 Å². The molecule has 1 atom stereocenters. The van der Waals surface area contributed by atoms with Crippen molar-refractivity contribution in [2.75, 3.05) is 25.9 Å². The lowest BCUT2D eigenvalue weighted by Crippen LogP contribution is -2.52. The predicted molar refractivity (Wildman–Crippen MR) is 116 cm³/mol. The number of ether oxygens (including phenoxy) is 1. The highest BCUT2D eigenvalue weighted by Gasteiger charge is 2.35. The van der Waals surface area contributed by atoms with Crippen LogP contribution in [0, 0.1) is 5.92 Å². The Morgan fingerprint density at radius 1 is 1.30 bits per heavy atom. The molecule has 6 rings (SSSR count). The van der Waals surface area contributed by atoms with Crippen molar-refractivity contribution in [3.8, 4) is 11.7 Å². The van der Waals surface area contributed by atoms with Gasteiger partial charge in [-0.2, -0.15) is 4.98 Å². The minimum atomic E-state index is -0.164. The van der Waals surface area contributed by atoms with Crippen LogP contribution in [0.25, 0.3) is 16.9 Å². The largest absolute Gasteiger partial charge is 0.473 e. The molecule has 9 heteroatoms. The van der Waals surface area contributed by atoms with E-state index in [0.29, 0.717) is 40.4 Å². The number of rotatable bonds is 6. The van der Waals surface area contributed by atoms with E-state index < -0.39 is 0 Å². The number of nitrogens with zero attached hydrogens (tertiary/aromatic N) is 6. The summed E-state index contributed by atoms with van der Waals surface area (Å²) in [6.45, 7) is 7.42. The minimum absolute atomic E-state index is 0.164. The van der Waals surface area contributed by atoms with Crippen molar-refractivity contribution < 1.29 is 4.74 Å². The summed E-state index contributed by atoms with van der Waals surface area (Å²) in [4.78, 5) is 29.0. The van der Waals surface area contributed by atoms with Crippen LogP contribution in [-0.2, 0) is 6.54 Å². The van der Waals surface area contributed by atoms with E-state index in [9.17, 15) is 4.79 Å². The summed E-state index contributed by atoms with van der Waals surface area (Å²) in [6.07, 6.45) is 7.70. The van der Waals surface area contributed by atoms with E-state index in [1.54, 1.807) is 21.6 Å². The molecule has 6 heterocycles. The minimum Gasteiger partial charge on any atom is -0.473 e. The molecule has 0 N–H and O–H groups in total. The average molecular weight is 425 g/mol. The summed E-state index contributed by atoms with van der Waals surface area (Å²) in [5.41, 5.74) is 0.372. The van der Waals surface area contributed by atoms with Gasteiger partial charge in [0.1, 0.15) is 11.5 Å². The Bertz CT molecular complexity index is 1150. The second kappa shape index (κ2) is 7.88. The lowest BCUT2D eigenvalue weighted by molar-refractivity contribution is -0.00994. The number of allylic oxidation sites excluding steroid dienone is 1. The molecule has 3 saturated heterocycles. The number of fused-ring (bicyclic) bond motifs is 4. The molecular formula is C21H24N6O2S. The number of hydrogen-bond donors (Lipinski definition) is 0. The van der Waals surface area contributed by atoms with E-state index in [1.807, 2.05) is 24.5 Å².